The second-order valence-electron chi connectivity index (χ2n) is 8.37. The Kier molecular flexibility index (Phi) is 8.72. The molecule has 3 rings (SSSR count). The number of nitrogens with zero attached hydrogens (tertiary/aromatic N) is 4. The zero-order valence-corrected chi connectivity index (χ0v) is 19.3. The third-order valence-electron chi connectivity index (χ3n) is 6.07. The highest BCUT2D eigenvalue weighted by Crippen LogP contribution is 2.19. The van der Waals surface area contributed by atoms with E-state index in [-0.39, 0.29) is 17.9 Å². The molecule has 2 saturated heterocycles. The summed E-state index contributed by atoms with van der Waals surface area (Å²) in [6, 6.07) is 8.50. The topological polar surface area (TPSA) is 104 Å². The molecule has 0 radical (unpaired) electrons. The lowest BCUT2D eigenvalue weighted by molar-refractivity contribution is -0.123. The summed E-state index contributed by atoms with van der Waals surface area (Å²) < 4.78 is 5.09. The highest BCUT2D eigenvalue weighted by Gasteiger charge is 2.25. The van der Waals surface area contributed by atoms with Gasteiger partial charge >= 0.3 is 6.09 Å². The van der Waals surface area contributed by atoms with Crippen molar-refractivity contribution in [2.75, 3.05) is 52.9 Å². The number of guanidine groups is 1. The number of primary amides is 1. The first-order chi connectivity index (χ1) is 15.5. The van der Waals surface area contributed by atoms with Crippen LogP contribution in [0.5, 0.6) is 0 Å². The number of nitrogens with two attached hydrogens (primary N) is 1. The van der Waals surface area contributed by atoms with Crippen LogP contribution in [0.15, 0.2) is 29.3 Å². The number of amides is 2. The van der Waals surface area contributed by atoms with Gasteiger partial charge < -0.3 is 25.6 Å². The zero-order valence-electron chi connectivity index (χ0n) is 19.3. The Labute approximate surface area is 190 Å². The summed E-state index contributed by atoms with van der Waals surface area (Å²) in [4.78, 5) is 34.1. The number of likely N-dealkylation sites (tertiary alicyclic amines) is 1. The lowest BCUT2D eigenvalue weighted by Crippen LogP contribution is -2.53. The number of hydrogen-bond acceptors (Lipinski definition) is 5. The number of carbonyl (C=O) groups is 2. The van der Waals surface area contributed by atoms with Crippen LogP contribution in [0, 0.1) is 5.92 Å². The molecule has 0 spiro atoms. The summed E-state index contributed by atoms with van der Waals surface area (Å²) in [6.45, 7) is 8.12. The van der Waals surface area contributed by atoms with E-state index in [1.165, 1.54) is 11.1 Å². The molecule has 1 aromatic carbocycles. The Morgan fingerprint density at radius 2 is 1.88 bits per heavy atom. The molecular formula is C23H36N6O3. The molecule has 2 aliphatic heterocycles. The second-order valence-corrected chi connectivity index (χ2v) is 8.37. The summed E-state index contributed by atoms with van der Waals surface area (Å²) in [5, 5.41) is 3.44. The van der Waals surface area contributed by atoms with Gasteiger partial charge in [0.25, 0.3) is 0 Å². The predicted octanol–water partition coefficient (Wildman–Crippen LogP) is 1.23. The molecule has 1 aromatic rings. The normalized spacial score (nSPS) is 20.2. The fraction of sp³-hybridized carbons (Fsp3) is 0.609. The second kappa shape index (κ2) is 11.7. The molecule has 1 unspecified atom stereocenters. The number of piperidine rings is 1. The number of benzene rings is 1. The molecule has 0 aromatic heterocycles. The number of ether oxygens (including phenoxy) is 1. The molecule has 1 atom stereocenters. The van der Waals surface area contributed by atoms with Crippen molar-refractivity contribution in [2.45, 2.75) is 32.9 Å². The van der Waals surface area contributed by atoms with E-state index in [2.05, 4.69) is 44.4 Å². The number of hydrogen-bond donors (Lipinski definition) is 2. The summed E-state index contributed by atoms with van der Waals surface area (Å²) in [5.41, 5.74) is 7.92. The SMILES string of the molecule is CCOC(=O)N1CCN(C(=NC)NCc2cccc(CN3CCCC(C(N)=O)C3)c2)CC1. The molecule has 9 heteroatoms. The lowest BCUT2D eigenvalue weighted by atomic mass is 9.97. The van der Waals surface area contributed by atoms with Gasteiger partial charge in [0.05, 0.1) is 12.5 Å². The zero-order chi connectivity index (χ0) is 22.9. The molecule has 0 bridgehead atoms. The van der Waals surface area contributed by atoms with Crippen molar-refractivity contribution in [3.05, 3.63) is 35.4 Å². The van der Waals surface area contributed by atoms with E-state index in [9.17, 15) is 9.59 Å². The van der Waals surface area contributed by atoms with Crippen LogP contribution in [-0.4, -0.2) is 85.6 Å². The molecule has 3 N–H and O–H groups in total. The quantitative estimate of drug-likeness (QED) is 0.505. The van der Waals surface area contributed by atoms with Crippen molar-refractivity contribution >= 4 is 18.0 Å². The summed E-state index contributed by atoms with van der Waals surface area (Å²) in [7, 11) is 1.78. The molecule has 2 aliphatic rings. The van der Waals surface area contributed by atoms with Gasteiger partial charge in [-0.1, -0.05) is 24.3 Å². The predicted molar refractivity (Wildman–Crippen MR) is 124 cm³/mol. The van der Waals surface area contributed by atoms with E-state index in [0.29, 0.717) is 39.3 Å². The van der Waals surface area contributed by atoms with Crippen LogP contribution in [0.3, 0.4) is 0 Å². The van der Waals surface area contributed by atoms with Crippen LogP contribution >= 0.6 is 0 Å². The molecule has 2 amide bonds. The van der Waals surface area contributed by atoms with Gasteiger partial charge in [0.2, 0.25) is 5.91 Å². The third kappa shape index (κ3) is 6.59. The average Bonchev–Trinajstić information content (AvgIpc) is 2.80. The Hall–Kier alpha value is -2.81. The summed E-state index contributed by atoms with van der Waals surface area (Å²) >= 11 is 0. The summed E-state index contributed by atoms with van der Waals surface area (Å²) in [6.07, 6.45) is 1.65. The van der Waals surface area contributed by atoms with E-state index in [4.69, 9.17) is 10.5 Å². The van der Waals surface area contributed by atoms with Crippen molar-refractivity contribution in [3.63, 3.8) is 0 Å². The Bertz CT molecular complexity index is 807. The van der Waals surface area contributed by atoms with Crippen molar-refractivity contribution in [3.8, 4) is 0 Å². The molecule has 9 nitrogen and oxygen atoms in total. The van der Waals surface area contributed by atoms with Gasteiger partial charge in [0.1, 0.15) is 0 Å². The first-order valence-corrected chi connectivity index (χ1v) is 11.5. The van der Waals surface area contributed by atoms with Crippen LogP contribution in [0.1, 0.15) is 30.9 Å². The largest absolute Gasteiger partial charge is 0.450 e. The maximum absolute atomic E-state index is 11.9. The molecule has 0 saturated carbocycles. The minimum atomic E-state index is -0.247. The molecule has 2 fully saturated rings. The average molecular weight is 445 g/mol. The highest BCUT2D eigenvalue weighted by molar-refractivity contribution is 5.80. The number of aliphatic imine (C=N–C) groups is 1. The first-order valence-electron chi connectivity index (χ1n) is 11.5. The van der Waals surface area contributed by atoms with Gasteiger partial charge in [0.15, 0.2) is 5.96 Å². The maximum Gasteiger partial charge on any atom is 0.409 e. The van der Waals surface area contributed by atoms with E-state index in [1.807, 2.05) is 6.92 Å². The fourth-order valence-electron chi connectivity index (χ4n) is 4.36. The minimum absolute atomic E-state index is 0.0405. The van der Waals surface area contributed by atoms with Gasteiger partial charge in [-0.3, -0.25) is 14.7 Å². The maximum atomic E-state index is 11.9. The van der Waals surface area contributed by atoms with Gasteiger partial charge in [-0.2, -0.15) is 0 Å². The van der Waals surface area contributed by atoms with Gasteiger partial charge in [0, 0.05) is 52.9 Å². The van der Waals surface area contributed by atoms with E-state index in [0.717, 1.165) is 38.4 Å². The van der Waals surface area contributed by atoms with Crippen molar-refractivity contribution in [1.29, 1.82) is 0 Å². The minimum Gasteiger partial charge on any atom is -0.450 e. The van der Waals surface area contributed by atoms with Crippen molar-refractivity contribution in [2.24, 2.45) is 16.6 Å². The van der Waals surface area contributed by atoms with E-state index in [1.54, 1.807) is 11.9 Å². The number of rotatable bonds is 6. The standard InChI is InChI=1S/C23H36N6O3/c1-3-32-23(31)29-12-10-28(11-13-29)22(25-2)26-15-18-6-4-7-19(14-18)16-27-9-5-8-20(17-27)21(24)30/h4,6-7,14,20H,3,5,8-13,15-17H2,1-2H3,(H2,24,30)(H,25,26). The summed E-state index contributed by atoms with van der Waals surface area (Å²) in [5.74, 6) is 0.600. The van der Waals surface area contributed by atoms with Crippen LogP contribution in [0.4, 0.5) is 4.79 Å². The fourth-order valence-corrected chi connectivity index (χ4v) is 4.36. The van der Waals surface area contributed by atoms with Crippen molar-refractivity contribution in [1.82, 2.24) is 20.0 Å². The number of nitrogens with one attached hydrogen (secondary N) is 1. The smallest absolute Gasteiger partial charge is 0.409 e. The van der Waals surface area contributed by atoms with Crippen molar-refractivity contribution < 1.29 is 14.3 Å². The number of carbonyl (C=O) groups excluding carboxylic acids is 2. The lowest BCUT2D eigenvalue weighted by Gasteiger charge is -2.35. The van der Waals surface area contributed by atoms with E-state index < -0.39 is 0 Å². The Morgan fingerprint density at radius 3 is 2.56 bits per heavy atom. The van der Waals surface area contributed by atoms with E-state index >= 15 is 0 Å². The molecular weight excluding hydrogens is 408 g/mol. The third-order valence-corrected chi connectivity index (χ3v) is 6.07. The molecule has 2 heterocycles. The van der Waals surface area contributed by atoms with Crippen LogP contribution < -0.4 is 11.1 Å². The van der Waals surface area contributed by atoms with Crippen LogP contribution in [0.2, 0.25) is 0 Å². The van der Waals surface area contributed by atoms with Crippen LogP contribution in [0.25, 0.3) is 0 Å². The Balaban J connectivity index is 1.50. The monoisotopic (exact) mass is 444 g/mol. The molecule has 0 aliphatic carbocycles. The van der Waals surface area contributed by atoms with Gasteiger partial charge in [-0.25, -0.2) is 4.79 Å². The molecule has 176 valence electrons. The molecule has 32 heavy (non-hydrogen) atoms. The van der Waals surface area contributed by atoms with Gasteiger partial charge in [-0.05, 0) is 37.4 Å². The van der Waals surface area contributed by atoms with Gasteiger partial charge in [-0.15, -0.1) is 0 Å². The Morgan fingerprint density at radius 1 is 1.16 bits per heavy atom. The first kappa shape index (κ1) is 23.8. The number of piperazine rings is 1. The highest BCUT2D eigenvalue weighted by atomic mass is 16.6. The van der Waals surface area contributed by atoms with Crippen LogP contribution in [-0.2, 0) is 22.6 Å².